The fraction of sp³-hybridized carbons (Fsp3) is 0.615. The summed E-state index contributed by atoms with van der Waals surface area (Å²) in [6, 6.07) is 4.00. The lowest BCUT2D eigenvalue weighted by molar-refractivity contribution is 0.200. The van der Waals surface area contributed by atoms with Gasteiger partial charge in [-0.3, -0.25) is 4.90 Å². The normalized spacial score (nSPS) is 26.8. The minimum atomic E-state index is -2.80. The molecule has 110 valence electrons. The Hall–Kier alpha value is -1.34. The molecule has 2 aliphatic heterocycles. The van der Waals surface area contributed by atoms with Gasteiger partial charge in [0.2, 0.25) is 0 Å². The highest BCUT2D eigenvalue weighted by molar-refractivity contribution is 7.91. The van der Waals surface area contributed by atoms with Gasteiger partial charge in [-0.05, 0) is 18.6 Å². The van der Waals surface area contributed by atoms with E-state index in [2.05, 4.69) is 14.8 Å². The van der Waals surface area contributed by atoms with Crippen molar-refractivity contribution in [3.8, 4) is 0 Å². The fourth-order valence-electron chi connectivity index (χ4n) is 2.96. The van der Waals surface area contributed by atoms with E-state index in [1.165, 1.54) is 0 Å². The van der Waals surface area contributed by atoms with Gasteiger partial charge < -0.3 is 10.6 Å². The minimum Gasteiger partial charge on any atom is -0.397 e. The van der Waals surface area contributed by atoms with Gasteiger partial charge >= 0.3 is 0 Å². The molecule has 0 aliphatic carbocycles. The zero-order chi connectivity index (χ0) is 14.2. The van der Waals surface area contributed by atoms with Crippen molar-refractivity contribution in [1.29, 1.82) is 0 Å². The Labute approximate surface area is 119 Å². The number of hydrogen-bond donors (Lipinski definition) is 1. The van der Waals surface area contributed by atoms with Crippen molar-refractivity contribution in [3.05, 3.63) is 18.3 Å². The zero-order valence-electron chi connectivity index (χ0n) is 11.4. The van der Waals surface area contributed by atoms with E-state index in [0.717, 1.165) is 38.4 Å². The van der Waals surface area contributed by atoms with Crippen molar-refractivity contribution in [3.63, 3.8) is 0 Å². The molecule has 1 unspecified atom stereocenters. The first kappa shape index (κ1) is 13.6. The highest BCUT2D eigenvalue weighted by atomic mass is 32.2. The monoisotopic (exact) mass is 296 g/mol. The maximum atomic E-state index is 11.5. The summed E-state index contributed by atoms with van der Waals surface area (Å²) in [6.45, 7) is 3.55. The minimum absolute atomic E-state index is 0.210. The van der Waals surface area contributed by atoms with Crippen molar-refractivity contribution in [2.45, 2.75) is 12.5 Å². The van der Waals surface area contributed by atoms with Crippen LogP contribution >= 0.6 is 0 Å². The second-order valence-electron chi connectivity index (χ2n) is 5.53. The molecule has 2 fully saturated rings. The SMILES string of the molecule is Nc1ccc(N2CCN(C3CCS(=O)(=O)C3)CC2)nc1. The summed E-state index contributed by atoms with van der Waals surface area (Å²) in [5.74, 6) is 1.61. The molecule has 1 aromatic heterocycles. The molecule has 1 atom stereocenters. The van der Waals surface area contributed by atoms with Gasteiger partial charge in [0.25, 0.3) is 0 Å². The van der Waals surface area contributed by atoms with Crippen LogP contribution < -0.4 is 10.6 Å². The molecule has 2 saturated heterocycles. The molecule has 0 saturated carbocycles. The average molecular weight is 296 g/mol. The quantitative estimate of drug-likeness (QED) is 0.826. The number of nitrogens with zero attached hydrogens (tertiary/aromatic N) is 3. The molecule has 20 heavy (non-hydrogen) atoms. The van der Waals surface area contributed by atoms with Crippen LogP contribution in [0.2, 0.25) is 0 Å². The number of nitrogen functional groups attached to an aromatic ring is 1. The predicted octanol–water partition coefficient (Wildman–Crippen LogP) is -0.0271. The van der Waals surface area contributed by atoms with Gasteiger partial charge in [-0.1, -0.05) is 0 Å². The molecule has 0 amide bonds. The smallest absolute Gasteiger partial charge is 0.151 e. The van der Waals surface area contributed by atoms with Crippen molar-refractivity contribution in [2.24, 2.45) is 0 Å². The molecule has 1 aromatic rings. The summed E-state index contributed by atoms with van der Waals surface area (Å²) >= 11 is 0. The Morgan fingerprint density at radius 1 is 1.20 bits per heavy atom. The van der Waals surface area contributed by atoms with Gasteiger partial charge in [-0.2, -0.15) is 0 Å². The third-order valence-corrected chi connectivity index (χ3v) is 5.88. The second-order valence-corrected chi connectivity index (χ2v) is 7.76. The van der Waals surface area contributed by atoms with Crippen LogP contribution in [0, 0.1) is 0 Å². The second kappa shape index (κ2) is 5.21. The van der Waals surface area contributed by atoms with Gasteiger partial charge in [0, 0.05) is 32.2 Å². The van der Waals surface area contributed by atoms with Gasteiger partial charge in [-0.15, -0.1) is 0 Å². The number of pyridine rings is 1. The Morgan fingerprint density at radius 3 is 2.50 bits per heavy atom. The number of aromatic nitrogens is 1. The third-order valence-electron chi connectivity index (χ3n) is 4.13. The number of piperazine rings is 1. The van der Waals surface area contributed by atoms with Crippen molar-refractivity contribution in [1.82, 2.24) is 9.88 Å². The van der Waals surface area contributed by atoms with E-state index in [1.54, 1.807) is 6.20 Å². The number of sulfone groups is 1. The lowest BCUT2D eigenvalue weighted by Gasteiger charge is -2.38. The molecule has 6 nitrogen and oxygen atoms in total. The molecule has 0 radical (unpaired) electrons. The first-order chi connectivity index (χ1) is 9.53. The largest absolute Gasteiger partial charge is 0.397 e. The van der Waals surface area contributed by atoms with Crippen LogP contribution in [0.5, 0.6) is 0 Å². The maximum Gasteiger partial charge on any atom is 0.151 e. The van der Waals surface area contributed by atoms with Crippen LogP contribution in [0.1, 0.15) is 6.42 Å². The summed E-state index contributed by atoms with van der Waals surface area (Å²) < 4.78 is 23.1. The van der Waals surface area contributed by atoms with E-state index < -0.39 is 9.84 Å². The van der Waals surface area contributed by atoms with Gasteiger partial charge in [-0.25, -0.2) is 13.4 Å². The first-order valence-electron chi connectivity index (χ1n) is 6.94. The van der Waals surface area contributed by atoms with Crippen LogP contribution in [-0.2, 0) is 9.84 Å². The Morgan fingerprint density at radius 2 is 1.95 bits per heavy atom. The highest BCUT2D eigenvalue weighted by Gasteiger charge is 2.33. The van der Waals surface area contributed by atoms with Crippen LogP contribution in [0.25, 0.3) is 0 Å². The first-order valence-corrected chi connectivity index (χ1v) is 8.77. The Bertz CT molecular complexity index is 565. The van der Waals surface area contributed by atoms with E-state index in [-0.39, 0.29) is 6.04 Å². The van der Waals surface area contributed by atoms with Gasteiger partial charge in [0.1, 0.15) is 5.82 Å². The van der Waals surface area contributed by atoms with Crippen LogP contribution in [0.3, 0.4) is 0 Å². The molecule has 2 aliphatic rings. The molecular formula is C13H20N4O2S. The number of anilines is 2. The Kier molecular flexibility index (Phi) is 3.55. The fourth-order valence-corrected chi connectivity index (χ4v) is 4.73. The lowest BCUT2D eigenvalue weighted by Crippen LogP contribution is -2.51. The zero-order valence-corrected chi connectivity index (χ0v) is 12.2. The molecule has 0 bridgehead atoms. The number of hydrogen-bond acceptors (Lipinski definition) is 6. The predicted molar refractivity (Wildman–Crippen MR) is 79.5 cm³/mol. The van der Waals surface area contributed by atoms with Gasteiger partial charge in [0.15, 0.2) is 9.84 Å². The summed E-state index contributed by atoms with van der Waals surface area (Å²) in [6.07, 6.45) is 2.45. The molecule has 2 N–H and O–H groups in total. The molecule has 0 aromatic carbocycles. The van der Waals surface area contributed by atoms with Crippen LogP contribution in [0.15, 0.2) is 18.3 Å². The van der Waals surface area contributed by atoms with E-state index in [1.807, 2.05) is 12.1 Å². The molecule has 0 spiro atoms. The third kappa shape index (κ3) is 2.88. The van der Waals surface area contributed by atoms with Crippen LogP contribution in [0.4, 0.5) is 11.5 Å². The van der Waals surface area contributed by atoms with E-state index in [4.69, 9.17) is 5.73 Å². The Balaban J connectivity index is 1.58. The van der Waals surface area contributed by atoms with Gasteiger partial charge in [0.05, 0.1) is 23.4 Å². The molecule has 7 heteroatoms. The summed E-state index contributed by atoms with van der Waals surface area (Å²) in [5, 5.41) is 0. The highest BCUT2D eigenvalue weighted by Crippen LogP contribution is 2.21. The van der Waals surface area contributed by atoms with Crippen molar-refractivity contribution < 1.29 is 8.42 Å². The van der Waals surface area contributed by atoms with E-state index in [0.29, 0.717) is 17.2 Å². The average Bonchev–Trinajstić information content (AvgIpc) is 2.80. The molecular weight excluding hydrogens is 276 g/mol. The standard InChI is InChI=1S/C13H20N4O2S/c14-11-1-2-13(15-9-11)17-6-4-16(5-7-17)12-3-8-20(18,19)10-12/h1-2,9,12H,3-8,10,14H2. The molecule has 3 heterocycles. The summed E-state index contributed by atoms with van der Waals surface area (Å²) in [4.78, 5) is 8.86. The topological polar surface area (TPSA) is 79.5 Å². The maximum absolute atomic E-state index is 11.5. The van der Waals surface area contributed by atoms with Crippen molar-refractivity contribution in [2.75, 3.05) is 48.3 Å². The van der Waals surface area contributed by atoms with Crippen molar-refractivity contribution >= 4 is 21.3 Å². The lowest BCUT2D eigenvalue weighted by atomic mass is 10.2. The number of rotatable bonds is 2. The molecule has 3 rings (SSSR count). The van der Waals surface area contributed by atoms with E-state index in [9.17, 15) is 8.42 Å². The summed E-state index contributed by atoms with van der Waals surface area (Å²) in [7, 11) is -2.80. The van der Waals surface area contributed by atoms with Crippen LogP contribution in [-0.4, -0.2) is 62.0 Å². The number of nitrogens with two attached hydrogens (primary N) is 1. The van der Waals surface area contributed by atoms with E-state index >= 15 is 0 Å². The summed E-state index contributed by atoms with van der Waals surface area (Å²) in [5.41, 5.74) is 6.31.